The molecule has 0 radical (unpaired) electrons. The van der Waals surface area contributed by atoms with Crippen LogP contribution in [0.5, 0.6) is 0 Å². The Hall–Kier alpha value is -2.25. The molecule has 1 aromatic heterocycles. The molecule has 2 heterocycles. The summed E-state index contributed by atoms with van der Waals surface area (Å²) in [5, 5.41) is 3.48. The smallest absolute Gasteiger partial charge is 0.229 e. The molecule has 1 aliphatic heterocycles. The van der Waals surface area contributed by atoms with E-state index in [0.29, 0.717) is 17.7 Å². The SMILES string of the molecule is O=C(Nc1ccc(F)c(Cl)c1)C1CCCN(c2nc3c(F)cccc3s2)C1. The van der Waals surface area contributed by atoms with Gasteiger partial charge in [0.2, 0.25) is 5.91 Å². The normalized spacial score (nSPS) is 17.3. The van der Waals surface area contributed by atoms with Gasteiger partial charge in [0.15, 0.2) is 5.13 Å². The number of benzene rings is 2. The average molecular weight is 408 g/mol. The van der Waals surface area contributed by atoms with Gasteiger partial charge in [0, 0.05) is 18.8 Å². The van der Waals surface area contributed by atoms with Crippen LogP contribution in [-0.2, 0) is 4.79 Å². The molecular formula is C19H16ClF2N3OS. The van der Waals surface area contributed by atoms with E-state index in [1.807, 2.05) is 11.0 Å². The standard InChI is InChI=1S/C19H16ClF2N3OS/c20-13-9-12(6-7-14(13)21)23-18(26)11-3-2-8-25(10-11)19-24-17-15(22)4-1-5-16(17)27-19/h1,4-7,9,11H,2-3,8,10H2,(H,23,26). The highest BCUT2D eigenvalue weighted by Gasteiger charge is 2.28. The molecule has 0 spiro atoms. The lowest BCUT2D eigenvalue weighted by molar-refractivity contribution is -0.120. The van der Waals surface area contributed by atoms with E-state index in [-0.39, 0.29) is 22.7 Å². The number of nitrogens with one attached hydrogen (secondary N) is 1. The molecule has 1 unspecified atom stereocenters. The van der Waals surface area contributed by atoms with Crippen LogP contribution >= 0.6 is 22.9 Å². The van der Waals surface area contributed by atoms with Crippen molar-refractivity contribution in [2.45, 2.75) is 12.8 Å². The van der Waals surface area contributed by atoms with Crippen LogP contribution in [0, 0.1) is 17.6 Å². The summed E-state index contributed by atoms with van der Waals surface area (Å²) in [7, 11) is 0. The van der Waals surface area contributed by atoms with Crippen molar-refractivity contribution in [3.05, 3.63) is 53.1 Å². The monoisotopic (exact) mass is 407 g/mol. The molecule has 1 fully saturated rings. The van der Waals surface area contributed by atoms with Crippen molar-refractivity contribution in [2.24, 2.45) is 5.92 Å². The second-order valence-corrected chi connectivity index (χ2v) is 7.90. The van der Waals surface area contributed by atoms with Crippen LogP contribution in [-0.4, -0.2) is 24.0 Å². The van der Waals surface area contributed by atoms with Crippen LogP contribution in [0.25, 0.3) is 10.2 Å². The quantitative estimate of drug-likeness (QED) is 0.658. The zero-order valence-corrected chi connectivity index (χ0v) is 15.8. The highest BCUT2D eigenvalue weighted by molar-refractivity contribution is 7.22. The van der Waals surface area contributed by atoms with Gasteiger partial charge in [-0.1, -0.05) is 29.0 Å². The van der Waals surface area contributed by atoms with Crippen LogP contribution in [0.1, 0.15) is 12.8 Å². The number of aromatic nitrogens is 1. The van der Waals surface area contributed by atoms with Crippen LogP contribution < -0.4 is 10.2 Å². The number of anilines is 2. The third kappa shape index (κ3) is 3.75. The van der Waals surface area contributed by atoms with Crippen LogP contribution in [0.4, 0.5) is 19.6 Å². The zero-order chi connectivity index (χ0) is 19.0. The number of thiazole rings is 1. The maximum Gasteiger partial charge on any atom is 0.229 e. The predicted molar refractivity (Wildman–Crippen MR) is 105 cm³/mol. The zero-order valence-electron chi connectivity index (χ0n) is 14.2. The molecule has 8 heteroatoms. The second kappa shape index (κ2) is 7.40. The Balaban J connectivity index is 1.49. The molecule has 0 bridgehead atoms. The molecule has 1 saturated heterocycles. The highest BCUT2D eigenvalue weighted by Crippen LogP contribution is 2.33. The number of para-hydroxylation sites is 1. The largest absolute Gasteiger partial charge is 0.347 e. The Morgan fingerprint density at radius 3 is 2.89 bits per heavy atom. The van der Waals surface area contributed by atoms with Crippen molar-refractivity contribution in [1.82, 2.24) is 4.98 Å². The van der Waals surface area contributed by atoms with Gasteiger partial charge < -0.3 is 10.2 Å². The van der Waals surface area contributed by atoms with Gasteiger partial charge >= 0.3 is 0 Å². The number of hydrogen-bond donors (Lipinski definition) is 1. The first kappa shape index (κ1) is 18.1. The van der Waals surface area contributed by atoms with Crippen molar-refractivity contribution in [2.75, 3.05) is 23.3 Å². The number of halogens is 3. The Bertz CT molecular complexity index is 1010. The molecule has 1 amide bonds. The van der Waals surface area contributed by atoms with Crippen molar-refractivity contribution >= 4 is 49.9 Å². The fourth-order valence-electron chi connectivity index (χ4n) is 3.22. The summed E-state index contributed by atoms with van der Waals surface area (Å²) in [5.41, 5.74) is 0.829. The molecule has 4 rings (SSSR count). The molecule has 4 nitrogen and oxygen atoms in total. The molecule has 0 saturated carbocycles. The summed E-state index contributed by atoms with van der Waals surface area (Å²) in [6.07, 6.45) is 1.58. The molecule has 1 N–H and O–H groups in total. The number of carbonyl (C=O) groups is 1. The van der Waals surface area contributed by atoms with Crippen molar-refractivity contribution in [1.29, 1.82) is 0 Å². The number of piperidine rings is 1. The summed E-state index contributed by atoms with van der Waals surface area (Å²) in [5.74, 6) is -1.25. The lowest BCUT2D eigenvalue weighted by Crippen LogP contribution is -2.40. The van der Waals surface area contributed by atoms with E-state index < -0.39 is 5.82 Å². The van der Waals surface area contributed by atoms with Gasteiger partial charge in [0.1, 0.15) is 17.2 Å². The topological polar surface area (TPSA) is 45.2 Å². The van der Waals surface area contributed by atoms with Crippen molar-refractivity contribution < 1.29 is 13.6 Å². The van der Waals surface area contributed by atoms with E-state index in [1.54, 1.807) is 6.07 Å². The van der Waals surface area contributed by atoms with Crippen molar-refractivity contribution in [3.63, 3.8) is 0 Å². The fraction of sp³-hybridized carbons (Fsp3) is 0.263. The molecular weight excluding hydrogens is 392 g/mol. The van der Waals surface area contributed by atoms with E-state index >= 15 is 0 Å². The van der Waals surface area contributed by atoms with Crippen molar-refractivity contribution in [3.8, 4) is 0 Å². The first-order chi connectivity index (χ1) is 13.0. The Morgan fingerprint density at radius 1 is 1.26 bits per heavy atom. The van der Waals surface area contributed by atoms with Gasteiger partial charge in [-0.2, -0.15) is 0 Å². The first-order valence-electron chi connectivity index (χ1n) is 8.57. The van der Waals surface area contributed by atoms with Crippen LogP contribution in [0.2, 0.25) is 5.02 Å². The van der Waals surface area contributed by atoms with Gasteiger partial charge in [-0.15, -0.1) is 0 Å². The summed E-state index contributed by atoms with van der Waals surface area (Å²) < 4.78 is 28.0. The Labute approximate surface area is 163 Å². The Morgan fingerprint density at radius 2 is 2.11 bits per heavy atom. The van der Waals surface area contributed by atoms with Gasteiger partial charge in [-0.3, -0.25) is 4.79 Å². The van der Waals surface area contributed by atoms with Gasteiger partial charge in [0.25, 0.3) is 0 Å². The molecule has 1 atom stereocenters. The minimum absolute atomic E-state index is 0.0328. The number of fused-ring (bicyclic) bond motifs is 1. The van der Waals surface area contributed by atoms with E-state index in [1.165, 1.54) is 35.6 Å². The number of rotatable bonds is 3. The maximum absolute atomic E-state index is 13.9. The fourth-order valence-corrected chi connectivity index (χ4v) is 4.42. The molecule has 2 aromatic carbocycles. The Kier molecular flexibility index (Phi) is 4.97. The molecule has 27 heavy (non-hydrogen) atoms. The van der Waals surface area contributed by atoms with E-state index in [2.05, 4.69) is 10.3 Å². The average Bonchev–Trinajstić information content (AvgIpc) is 3.11. The predicted octanol–water partition coefficient (Wildman–Crippen LogP) is 5.08. The third-order valence-corrected chi connectivity index (χ3v) is 5.98. The van der Waals surface area contributed by atoms with Gasteiger partial charge in [0.05, 0.1) is 15.6 Å². The second-order valence-electron chi connectivity index (χ2n) is 6.49. The summed E-state index contributed by atoms with van der Waals surface area (Å²) >= 11 is 7.19. The van der Waals surface area contributed by atoms with Crippen LogP contribution in [0.15, 0.2) is 36.4 Å². The number of carbonyl (C=O) groups excluding carboxylic acids is 1. The van der Waals surface area contributed by atoms with Gasteiger partial charge in [-0.25, -0.2) is 13.8 Å². The summed E-state index contributed by atoms with van der Waals surface area (Å²) in [6.45, 7) is 1.27. The lowest BCUT2D eigenvalue weighted by Gasteiger charge is -2.31. The summed E-state index contributed by atoms with van der Waals surface area (Å²) in [4.78, 5) is 19.1. The number of amides is 1. The first-order valence-corrected chi connectivity index (χ1v) is 9.76. The highest BCUT2D eigenvalue weighted by atomic mass is 35.5. The maximum atomic E-state index is 13.9. The third-order valence-electron chi connectivity index (χ3n) is 4.61. The number of hydrogen-bond acceptors (Lipinski definition) is 4. The molecule has 3 aromatic rings. The summed E-state index contributed by atoms with van der Waals surface area (Å²) in [6, 6.07) is 9.00. The minimum atomic E-state index is -0.526. The number of nitrogens with zero attached hydrogens (tertiary/aromatic N) is 2. The molecule has 1 aliphatic rings. The minimum Gasteiger partial charge on any atom is -0.347 e. The molecule has 140 valence electrons. The van der Waals surface area contributed by atoms with E-state index in [0.717, 1.165) is 29.2 Å². The lowest BCUT2D eigenvalue weighted by atomic mass is 9.97. The van der Waals surface area contributed by atoms with E-state index in [4.69, 9.17) is 11.6 Å². The van der Waals surface area contributed by atoms with Gasteiger partial charge in [-0.05, 0) is 43.2 Å². The van der Waals surface area contributed by atoms with E-state index in [9.17, 15) is 13.6 Å². The molecule has 0 aliphatic carbocycles. The van der Waals surface area contributed by atoms with Crippen LogP contribution in [0.3, 0.4) is 0 Å².